The Kier molecular flexibility index (Phi) is 61.3. The summed E-state index contributed by atoms with van der Waals surface area (Å²) in [5, 5.41) is 17.0. The Hall–Kier alpha value is -1.62. The maximum absolute atomic E-state index is 11.9. The topological polar surface area (TPSA) is 172 Å². The summed E-state index contributed by atoms with van der Waals surface area (Å²) in [6.45, 7) is 7.77. The molecule has 0 aromatic heterocycles. The summed E-state index contributed by atoms with van der Waals surface area (Å²) in [4.78, 5) is 32.7. The number of hydrogen-bond donors (Lipinski definition) is 2. The molecule has 2 heterocycles. The second-order valence-corrected chi connectivity index (χ2v) is 26.7. The number of hydrogen-bond acceptors (Lipinski definition) is 11. The molecule has 2 N–H and O–H groups in total. The standard InChI is InChI=1S/C23H43O5P.C18H33ClO.C18H34O2.C5H11O4P/c1-3-4-5-6-7-8-9-10-11-12-13-14-15-16-17-18-23(24)27-19-22-20-28-29(25,21-22)26-2;2*1-2-3-4-5-6-7-8-9-10-11-12-13-14-15-16-17-18(19)20;1-8-10(7)4-5(2-6)3-9-10/h10-11,22H,3-9,12-21H2,1-2H3;9-10H,2-8,11-17H2,1H3;9-10H,2-8,11-17H2,1H3,(H,19,20);5-6H,2-4H2,1H3/b11-10-;2*10-9-;. The van der Waals surface area contributed by atoms with Gasteiger partial charge in [-0.2, -0.15) is 0 Å². The van der Waals surface area contributed by atoms with Crippen molar-refractivity contribution in [2.75, 3.05) is 53.0 Å². The molecule has 0 aliphatic carbocycles. The Morgan fingerprint density at radius 3 is 1.04 bits per heavy atom. The normalized spacial score (nSPS) is 18.8. The molecule has 4 unspecified atom stereocenters. The monoisotopic (exact) mass is 1180 g/mol. The Morgan fingerprint density at radius 2 is 0.747 bits per heavy atom. The highest BCUT2D eigenvalue weighted by Gasteiger charge is 2.37. The van der Waals surface area contributed by atoms with Crippen LogP contribution >= 0.6 is 26.8 Å². The van der Waals surface area contributed by atoms with Gasteiger partial charge >= 0.3 is 27.1 Å². The van der Waals surface area contributed by atoms with E-state index in [1.807, 2.05) is 0 Å². The molecule has 2 aliphatic rings. The number of carboxylic acids is 1. The van der Waals surface area contributed by atoms with Gasteiger partial charge < -0.3 is 33.0 Å². The van der Waals surface area contributed by atoms with Crippen LogP contribution in [0.3, 0.4) is 0 Å². The lowest BCUT2D eigenvalue weighted by Crippen LogP contribution is -2.16. The maximum Gasteiger partial charge on any atom is 0.330 e. The summed E-state index contributed by atoms with van der Waals surface area (Å²) < 4.78 is 47.9. The number of aliphatic carboxylic acids is 1. The maximum atomic E-state index is 11.9. The van der Waals surface area contributed by atoms with Crippen LogP contribution in [0.2, 0.25) is 0 Å². The van der Waals surface area contributed by atoms with E-state index in [0.717, 1.165) is 38.5 Å². The van der Waals surface area contributed by atoms with Gasteiger partial charge in [0, 0.05) is 51.9 Å². The van der Waals surface area contributed by atoms with E-state index in [1.165, 1.54) is 226 Å². The molecule has 0 aromatic rings. The number of carboxylic acid groups (broad SMARTS) is 1. The van der Waals surface area contributed by atoms with Crippen LogP contribution in [0.4, 0.5) is 0 Å². The molecule has 4 atom stereocenters. The predicted octanol–water partition coefficient (Wildman–Crippen LogP) is 20.4. The second-order valence-electron chi connectivity index (χ2n) is 21.9. The van der Waals surface area contributed by atoms with Crippen LogP contribution in [0, 0.1) is 11.8 Å². The Morgan fingerprint density at radius 1 is 0.456 bits per heavy atom. The SMILES string of the molecule is CCCCCCCC/C=C\CCCCCCCC(=O)Cl.CCCCCCCC/C=C\CCCCCCCC(=O)O.CCCCCCCC/C=C\CCCCCCCC(=O)OCC1COP(=O)(OC)C1.COP1(=O)CC(CO)CO1. The number of aliphatic hydroxyl groups excluding tert-OH is 1. The molecule has 0 amide bonds. The lowest BCUT2D eigenvalue weighted by molar-refractivity contribution is -0.145. The van der Waals surface area contributed by atoms with E-state index in [4.69, 9.17) is 40.1 Å². The van der Waals surface area contributed by atoms with E-state index in [0.29, 0.717) is 44.8 Å². The third kappa shape index (κ3) is 59.3. The number of halogens is 1. The molecule has 0 spiro atoms. The summed E-state index contributed by atoms with van der Waals surface area (Å²) in [5.74, 6) is -0.853. The molecule has 0 bridgehead atoms. The van der Waals surface area contributed by atoms with E-state index < -0.39 is 21.2 Å². The molecule has 2 rings (SSSR count). The highest BCUT2D eigenvalue weighted by atomic mass is 35.5. The van der Waals surface area contributed by atoms with Gasteiger partial charge in [0.05, 0.1) is 32.1 Å². The lowest BCUT2D eigenvalue weighted by Gasteiger charge is -2.09. The third-order valence-corrected chi connectivity index (χ3v) is 18.5. The first-order valence-electron chi connectivity index (χ1n) is 32.0. The zero-order valence-electron chi connectivity index (χ0n) is 51.3. The molecule has 0 radical (unpaired) electrons. The van der Waals surface area contributed by atoms with Crippen LogP contribution in [0.25, 0.3) is 0 Å². The van der Waals surface area contributed by atoms with E-state index >= 15 is 0 Å². The fraction of sp³-hybridized carbons (Fsp3) is 0.859. The van der Waals surface area contributed by atoms with Gasteiger partial charge in [0.15, 0.2) is 0 Å². The first-order valence-corrected chi connectivity index (χ1v) is 35.9. The molecule has 15 heteroatoms. The number of ether oxygens (including phenoxy) is 1. The van der Waals surface area contributed by atoms with Crippen molar-refractivity contribution in [1.82, 2.24) is 0 Å². The van der Waals surface area contributed by atoms with Crippen molar-refractivity contribution in [1.29, 1.82) is 0 Å². The number of rotatable bonds is 50. The van der Waals surface area contributed by atoms with Gasteiger partial charge in [-0.15, -0.1) is 0 Å². The van der Waals surface area contributed by atoms with Crippen molar-refractivity contribution in [3.05, 3.63) is 36.5 Å². The van der Waals surface area contributed by atoms with Gasteiger partial charge in [-0.25, -0.2) is 0 Å². The summed E-state index contributed by atoms with van der Waals surface area (Å²) in [5.41, 5.74) is 0. The molecular weight excluding hydrogens is 1060 g/mol. The fourth-order valence-electron chi connectivity index (χ4n) is 9.05. The lowest BCUT2D eigenvalue weighted by atomic mass is 10.1. The van der Waals surface area contributed by atoms with Crippen LogP contribution in [-0.4, -0.2) is 80.4 Å². The second kappa shape index (κ2) is 61.0. The minimum atomic E-state index is -2.92. The van der Waals surface area contributed by atoms with Crippen LogP contribution in [0.5, 0.6) is 0 Å². The average molecular weight is 1180 g/mol. The third-order valence-electron chi connectivity index (χ3n) is 14.2. The molecule has 2 saturated heterocycles. The van der Waals surface area contributed by atoms with Gasteiger partial charge in [-0.3, -0.25) is 23.5 Å². The first kappa shape index (κ1) is 79.4. The number of unbranched alkanes of at least 4 members (excludes halogenated alkanes) is 33. The zero-order valence-corrected chi connectivity index (χ0v) is 53.9. The number of allylic oxidation sites excluding steroid dienone is 6. The smallest absolute Gasteiger partial charge is 0.330 e. The van der Waals surface area contributed by atoms with E-state index in [1.54, 1.807) is 0 Å². The van der Waals surface area contributed by atoms with E-state index in [2.05, 4.69) is 61.8 Å². The summed E-state index contributed by atoms with van der Waals surface area (Å²) in [6, 6.07) is 0. The van der Waals surface area contributed by atoms with E-state index in [-0.39, 0.29) is 36.3 Å². The van der Waals surface area contributed by atoms with Crippen molar-refractivity contribution < 1.29 is 56.6 Å². The van der Waals surface area contributed by atoms with Crippen LogP contribution in [0.15, 0.2) is 36.5 Å². The van der Waals surface area contributed by atoms with Gasteiger partial charge in [-0.05, 0) is 108 Å². The summed E-state index contributed by atoms with van der Waals surface area (Å²) in [7, 11) is -2.95. The first-order chi connectivity index (χ1) is 38.3. The minimum absolute atomic E-state index is 0.00853. The van der Waals surface area contributed by atoms with Crippen molar-refractivity contribution in [2.24, 2.45) is 11.8 Å². The molecule has 0 saturated carbocycles. The Bertz CT molecular complexity index is 1510. The van der Waals surface area contributed by atoms with Crippen LogP contribution < -0.4 is 0 Å². The largest absolute Gasteiger partial charge is 0.481 e. The number of carbonyl (C=O) groups excluding carboxylic acids is 2. The number of aliphatic hydroxyl groups is 1. The van der Waals surface area contributed by atoms with Gasteiger partial charge in [0.25, 0.3) is 0 Å². The van der Waals surface area contributed by atoms with Crippen molar-refractivity contribution in [2.45, 2.75) is 290 Å². The van der Waals surface area contributed by atoms with Gasteiger partial charge in [0.2, 0.25) is 5.24 Å². The average Bonchev–Trinajstić information content (AvgIpc) is 4.04. The van der Waals surface area contributed by atoms with Gasteiger partial charge in [-0.1, -0.05) is 211 Å². The minimum Gasteiger partial charge on any atom is -0.481 e. The molecule has 2 fully saturated rings. The fourth-order valence-corrected chi connectivity index (χ4v) is 12.5. The Labute approximate surface area is 490 Å². The van der Waals surface area contributed by atoms with Crippen molar-refractivity contribution in [3.8, 4) is 0 Å². The molecule has 466 valence electrons. The predicted molar refractivity (Wildman–Crippen MR) is 333 cm³/mol. The molecule has 0 aromatic carbocycles. The van der Waals surface area contributed by atoms with Crippen molar-refractivity contribution >= 4 is 44.0 Å². The Balaban J connectivity index is 0. The zero-order chi connectivity index (χ0) is 58.6. The summed E-state index contributed by atoms with van der Waals surface area (Å²) in [6.07, 6.45) is 65.1. The number of esters is 1. The van der Waals surface area contributed by atoms with Crippen LogP contribution in [0.1, 0.15) is 290 Å². The molecular formula is C64H121ClO12P2. The number of carbonyl (C=O) groups is 3. The van der Waals surface area contributed by atoms with Crippen molar-refractivity contribution in [3.63, 3.8) is 0 Å². The quantitative estimate of drug-likeness (QED) is 0.0194. The highest BCUT2D eigenvalue weighted by Crippen LogP contribution is 2.54. The molecule has 12 nitrogen and oxygen atoms in total. The molecule has 79 heavy (non-hydrogen) atoms. The summed E-state index contributed by atoms with van der Waals surface area (Å²) >= 11 is 5.29. The highest BCUT2D eigenvalue weighted by molar-refractivity contribution is 7.54. The van der Waals surface area contributed by atoms with Crippen LogP contribution in [-0.2, 0) is 46.3 Å². The molecule has 2 aliphatic heterocycles. The van der Waals surface area contributed by atoms with E-state index in [9.17, 15) is 23.5 Å². The van der Waals surface area contributed by atoms with Gasteiger partial charge in [0.1, 0.15) is 0 Å².